The molecule has 0 aromatic carbocycles. The summed E-state index contributed by atoms with van der Waals surface area (Å²) in [6.45, 7) is 3.58. The Hall–Kier alpha value is -1.02. The zero-order chi connectivity index (χ0) is 6.69. The van der Waals surface area contributed by atoms with Crippen LogP contribution in [0.1, 0.15) is 11.6 Å². The summed E-state index contributed by atoms with van der Waals surface area (Å²) >= 11 is 0. The second-order valence-electron chi connectivity index (χ2n) is 1.91. The van der Waals surface area contributed by atoms with Gasteiger partial charge >= 0.3 is 0 Å². The summed E-state index contributed by atoms with van der Waals surface area (Å²) in [5, 5.41) is 0. The van der Waals surface area contributed by atoms with Gasteiger partial charge in [-0.25, -0.2) is 0 Å². The van der Waals surface area contributed by atoms with Gasteiger partial charge in [0.05, 0.1) is 0 Å². The third kappa shape index (κ3) is 1.21. The number of hydrogen-bond acceptors (Lipinski definition) is 1. The van der Waals surface area contributed by atoms with Crippen molar-refractivity contribution in [3.05, 3.63) is 36.7 Å². The van der Waals surface area contributed by atoms with Crippen LogP contribution in [0, 0.1) is 0 Å². The van der Waals surface area contributed by atoms with E-state index in [9.17, 15) is 0 Å². The van der Waals surface area contributed by atoms with Crippen LogP contribution >= 0.6 is 0 Å². The van der Waals surface area contributed by atoms with Gasteiger partial charge in [-0.15, -0.1) is 6.58 Å². The Kier molecular flexibility index (Phi) is 1.70. The van der Waals surface area contributed by atoms with Crippen molar-refractivity contribution in [2.75, 3.05) is 0 Å². The molecule has 3 N–H and O–H groups in total. The number of rotatable bonds is 2. The van der Waals surface area contributed by atoms with Crippen LogP contribution in [0.3, 0.4) is 0 Å². The lowest BCUT2D eigenvalue weighted by atomic mass is 10.2. The molecule has 1 aromatic rings. The van der Waals surface area contributed by atoms with Crippen molar-refractivity contribution < 1.29 is 0 Å². The summed E-state index contributed by atoms with van der Waals surface area (Å²) in [4.78, 5) is 2.92. The second-order valence-corrected chi connectivity index (χ2v) is 1.91. The second kappa shape index (κ2) is 2.51. The molecule has 1 heterocycles. The smallest absolute Gasteiger partial charge is 0.0493 e. The minimum absolute atomic E-state index is 0.0313. The Labute approximate surface area is 54.4 Å². The lowest BCUT2D eigenvalue weighted by Gasteiger charge is -1.99. The molecule has 0 aliphatic rings. The predicted octanol–water partition coefficient (Wildman–Crippen LogP) is 1.20. The summed E-state index contributed by atoms with van der Waals surface area (Å²) in [7, 11) is 0. The van der Waals surface area contributed by atoms with Crippen LogP contribution in [-0.4, -0.2) is 4.98 Å². The first-order valence-corrected chi connectivity index (χ1v) is 2.85. The molecule has 2 nitrogen and oxygen atoms in total. The maximum absolute atomic E-state index is 5.60. The van der Waals surface area contributed by atoms with Gasteiger partial charge in [0.25, 0.3) is 0 Å². The molecule has 0 fully saturated rings. The van der Waals surface area contributed by atoms with E-state index < -0.39 is 0 Å². The van der Waals surface area contributed by atoms with E-state index in [-0.39, 0.29) is 6.04 Å². The van der Waals surface area contributed by atoms with E-state index in [2.05, 4.69) is 11.6 Å². The van der Waals surface area contributed by atoms with Crippen LogP contribution in [-0.2, 0) is 0 Å². The van der Waals surface area contributed by atoms with Gasteiger partial charge in [0.1, 0.15) is 0 Å². The van der Waals surface area contributed by atoms with Gasteiger partial charge in [-0.3, -0.25) is 0 Å². The molecule has 0 aliphatic heterocycles. The minimum atomic E-state index is -0.0313. The molecule has 48 valence electrons. The van der Waals surface area contributed by atoms with E-state index in [0.717, 1.165) is 5.56 Å². The summed E-state index contributed by atoms with van der Waals surface area (Å²) in [5.74, 6) is 0. The number of nitrogens with one attached hydrogen (secondary N) is 1. The Bertz CT molecular complexity index is 177. The van der Waals surface area contributed by atoms with Crippen molar-refractivity contribution in [3.8, 4) is 0 Å². The van der Waals surface area contributed by atoms with E-state index in [0.29, 0.717) is 0 Å². The van der Waals surface area contributed by atoms with Crippen LogP contribution in [0.2, 0.25) is 0 Å². The first-order chi connectivity index (χ1) is 4.34. The third-order valence-electron chi connectivity index (χ3n) is 1.26. The molecule has 0 radical (unpaired) electrons. The number of aromatic amines is 1. The molecular weight excluding hydrogens is 112 g/mol. The first-order valence-electron chi connectivity index (χ1n) is 2.85. The van der Waals surface area contributed by atoms with E-state index >= 15 is 0 Å². The molecule has 0 saturated carbocycles. The molecule has 1 rings (SSSR count). The molecule has 1 aromatic heterocycles. The van der Waals surface area contributed by atoms with Crippen molar-refractivity contribution in [2.45, 2.75) is 6.04 Å². The van der Waals surface area contributed by atoms with Crippen LogP contribution in [0.4, 0.5) is 0 Å². The fourth-order valence-corrected chi connectivity index (χ4v) is 0.680. The number of H-pyrrole nitrogens is 1. The number of aromatic nitrogens is 1. The molecule has 0 spiro atoms. The monoisotopic (exact) mass is 122 g/mol. The standard InChI is InChI=1S/C7H10N2/c1-2-7(8)6-3-4-9-5-6/h2-5,7,9H,1,8H2/t7-/m0/s1. The van der Waals surface area contributed by atoms with E-state index in [4.69, 9.17) is 5.73 Å². The zero-order valence-corrected chi connectivity index (χ0v) is 5.17. The number of hydrogen-bond donors (Lipinski definition) is 2. The fraction of sp³-hybridized carbons (Fsp3) is 0.143. The van der Waals surface area contributed by atoms with E-state index in [1.807, 2.05) is 18.5 Å². The molecule has 0 unspecified atom stereocenters. The van der Waals surface area contributed by atoms with Crippen molar-refractivity contribution in [2.24, 2.45) is 5.73 Å². The average molecular weight is 122 g/mol. The molecule has 9 heavy (non-hydrogen) atoms. The summed E-state index contributed by atoms with van der Waals surface area (Å²) < 4.78 is 0. The third-order valence-corrected chi connectivity index (χ3v) is 1.26. The first kappa shape index (κ1) is 6.11. The lowest BCUT2D eigenvalue weighted by molar-refractivity contribution is 0.917. The highest BCUT2D eigenvalue weighted by Gasteiger charge is 1.97. The highest BCUT2D eigenvalue weighted by atomic mass is 14.7. The highest BCUT2D eigenvalue weighted by molar-refractivity contribution is 5.17. The van der Waals surface area contributed by atoms with E-state index in [1.165, 1.54) is 0 Å². The summed E-state index contributed by atoms with van der Waals surface area (Å²) in [5.41, 5.74) is 6.67. The number of nitrogens with two attached hydrogens (primary N) is 1. The molecule has 0 aliphatic carbocycles. The van der Waals surface area contributed by atoms with Crippen LogP contribution in [0.25, 0.3) is 0 Å². The van der Waals surface area contributed by atoms with Crippen LogP contribution in [0.15, 0.2) is 31.1 Å². The van der Waals surface area contributed by atoms with Gasteiger partial charge in [-0.2, -0.15) is 0 Å². The maximum atomic E-state index is 5.60. The lowest BCUT2D eigenvalue weighted by Crippen LogP contribution is -2.04. The molecule has 0 amide bonds. The highest BCUT2D eigenvalue weighted by Crippen LogP contribution is 2.07. The van der Waals surface area contributed by atoms with Gasteiger partial charge in [0, 0.05) is 18.4 Å². The van der Waals surface area contributed by atoms with Crippen molar-refractivity contribution in [3.63, 3.8) is 0 Å². The SMILES string of the molecule is C=C[C@H](N)c1cc[nH]c1. The van der Waals surface area contributed by atoms with Crippen molar-refractivity contribution >= 4 is 0 Å². The van der Waals surface area contributed by atoms with Crippen molar-refractivity contribution in [1.82, 2.24) is 4.98 Å². The molecule has 2 heteroatoms. The molecule has 0 bridgehead atoms. The zero-order valence-electron chi connectivity index (χ0n) is 5.17. The summed E-state index contributed by atoms with van der Waals surface area (Å²) in [6, 6.07) is 1.91. The summed E-state index contributed by atoms with van der Waals surface area (Å²) in [6.07, 6.45) is 5.42. The average Bonchev–Trinajstić information content (AvgIpc) is 2.37. The molecule has 1 atom stereocenters. The van der Waals surface area contributed by atoms with Crippen LogP contribution in [0.5, 0.6) is 0 Å². The van der Waals surface area contributed by atoms with Crippen molar-refractivity contribution in [1.29, 1.82) is 0 Å². The molecular formula is C7H10N2. The Morgan fingerprint density at radius 3 is 3.00 bits per heavy atom. The van der Waals surface area contributed by atoms with E-state index in [1.54, 1.807) is 6.08 Å². The van der Waals surface area contributed by atoms with Gasteiger partial charge in [0.2, 0.25) is 0 Å². The maximum Gasteiger partial charge on any atom is 0.0493 e. The quantitative estimate of drug-likeness (QED) is 0.568. The normalized spacial score (nSPS) is 13.0. The Morgan fingerprint density at radius 1 is 1.78 bits per heavy atom. The Morgan fingerprint density at radius 2 is 2.56 bits per heavy atom. The largest absolute Gasteiger partial charge is 0.367 e. The van der Waals surface area contributed by atoms with Crippen LogP contribution < -0.4 is 5.73 Å². The Balaban J connectivity index is 2.76. The van der Waals surface area contributed by atoms with Gasteiger partial charge in [0.15, 0.2) is 0 Å². The minimum Gasteiger partial charge on any atom is -0.367 e. The fourth-order valence-electron chi connectivity index (χ4n) is 0.680. The molecule has 0 saturated heterocycles. The predicted molar refractivity (Wildman–Crippen MR) is 37.9 cm³/mol. The topological polar surface area (TPSA) is 41.8 Å². The van der Waals surface area contributed by atoms with Gasteiger partial charge in [-0.1, -0.05) is 6.08 Å². The van der Waals surface area contributed by atoms with Gasteiger partial charge in [-0.05, 0) is 11.6 Å². The van der Waals surface area contributed by atoms with Gasteiger partial charge < -0.3 is 10.7 Å².